The molecule has 0 unspecified atom stereocenters. The fraction of sp³-hybridized carbons (Fsp3) is 0.750. The van der Waals surface area contributed by atoms with Gasteiger partial charge in [0.05, 0.1) is 17.9 Å². The van der Waals surface area contributed by atoms with Crippen LogP contribution in [0.4, 0.5) is 0 Å². The Balaban J connectivity index is 1.71. The molecule has 1 spiro atoms. The normalized spacial score (nSPS) is 28.1. The van der Waals surface area contributed by atoms with Crippen molar-refractivity contribution in [3.8, 4) is 0 Å². The van der Waals surface area contributed by atoms with E-state index in [1.165, 1.54) is 0 Å². The molecule has 17 heavy (non-hydrogen) atoms. The van der Waals surface area contributed by atoms with Crippen LogP contribution in [0.25, 0.3) is 0 Å². The Morgan fingerprint density at radius 2 is 2.18 bits per heavy atom. The van der Waals surface area contributed by atoms with Gasteiger partial charge in [0.2, 0.25) is 0 Å². The van der Waals surface area contributed by atoms with E-state index in [4.69, 9.17) is 9.47 Å². The summed E-state index contributed by atoms with van der Waals surface area (Å²) in [5.41, 5.74) is 0.992. The van der Waals surface area contributed by atoms with E-state index in [2.05, 4.69) is 10.2 Å². The summed E-state index contributed by atoms with van der Waals surface area (Å²) in [6.45, 7) is 4.94. The molecule has 3 aliphatic rings. The van der Waals surface area contributed by atoms with Gasteiger partial charge in [0.15, 0.2) is 0 Å². The number of hydrogen-bond donors (Lipinski definition) is 1. The lowest BCUT2D eigenvalue weighted by Crippen LogP contribution is -2.56. The van der Waals surface area contributed by atoms with Crippen LogP contribution in [0.15, 0.2) is 11.8 Å². The molecule has 0 bridgehead atoms. The summed E-state index contributed by atoms with van der Waals surface area (Å²) < 4.78 is 11.0. The fourth-order valence-electron chi connectivity index (χ4n) is 2.82. The largest absolute Gasteiger partial charge is 0.456 e. The number of nitrogens with zero attached hydrogens (tertiary/aromatic N) is 1. The number of hydrogen-bond acceptors (Lipinski definition) is 5. The molecule has 3 aliphatic heterocycles. The minimum absolute atomic E-state index is 0.0179. The van der Waals surface area contributed by atoms with Crippen LogP contribution in [0.1, 0.15) is 12.8 Å². The first-order chi connectivity index (χ1) is 8.27. The van der Waals surface area contributed by atoms with Crippen molar-refractivity contribution < 1.29 is 14.3 Å². The van der Waals surface area contributed by atoms with Gasteiger partial charge in [0.1, 0.15) is 6.61 Å². The second-order valence-electron chi connectivity index (χ2n) is 4.95. The van der Waals surface area contributed by atoms with Crippen LogP contribution in [0, 0.1) is 0 Å². The zero-order chi connectivity index (χ0) is 11.7. The molecule has 94 valence electrons. The molecule has 0 aromatic carbocycles. The Hall–Kier alpha value is -1.07. The van der Waals surface area contributed by atoms with Crippen LogP contribution >= 0.6 is 0 Å². The van der Waals surface area contributed by atoms with Gasteiger partial charge in [-0.25, -0.2) is 4.79 Å². The highest BCUT2D eigenvalue weighted by Crippen LogP contribution is 2.29. The second-order valence-corrected chi connectivity index (χ2v) is 4.95. The van der Waals surface area contributed by atoms with Crippen molar-refractivity contribution in [2.75, 3.05) is 39.4 Å². The van der Waals surface area contributed by atoms with E-state index in [-0.39, 0.29) is 11.6 Å². The summed E-state index contributed by atoms with van der Waals surface area (Å²) in [5, 5.41) is 3.36. The molecule has 0 aromatic rings. The highest BCUT2D eigenvalue weighted by atomic mass is 16.5. The summed E-state index contributed by atoms with van der Waals surface area (Å²) in [4.78, 5) is 13.3. The predicted octanol–water partition coefficient (Wildman–Crippen LogP) is -0.118. The van der Waals surface area contributed by atoms with Crippen LogP contribution in [0.3, 0.4) is 0 Å². The molecule has 0 aliphatic carbocycles. The van der Waals surface area contributed by atoms with Crippen molar-refractivity contribution in [2.24, 2.45) is 0 Å². The van der Waals surface area contributed by atoms with Gasteiger partial charge in [-0.05, 0) is 25.9 Å². The molecule has 2 fully saturated rings. The number of cyclic esters (lactones) is 1. The lowest BCUT2D eigenvalue weighted by molar-refractivity contribution is -0.135. The Morgan fingerprint density at radius 1 is 1.35 bits per heavy atom. The zero-order valence-corrected chi connectivity index (χ0v) is 9.91. The van der Waals surface area contributed by atoms with Crippen molar-refractivity contribution >= 4 is 5.97 Å². The van der Waals surface area contributed by atoms with Gasteiger partial charge < -0.3 is 19.7 Å². The summed E-state index contributed by atoms with van der Waals surface area (Å²) in [7, 11) is 0. The molecule has 0 amide bonds. The molecule has 0 radical (unpaired) electrons. The summed E-state index contributed by atoms with van der Waals surface area (Å²) >= 11 is 0. The minimum atomic E-state index is -0.217. The van der Waals surface area contributed by atoms with E-state index in [0.29, 0.717) is 6.61 Å². The third kappa shape index (κ3) is 2.17. The van der Waals surface area contributed by atoms with Crippen molar-refractivity contribution in [2.45, 2.75) is 18.4 Å². The first-order valence-corrected chi connectivity index (χ1v) is 6.24. The van der Waals surface area contributed by atoms with Gasteiger partial charge >= 0.3 is 5.97 Å². The van der Waals surface area contributed by atoms with Crippen LogP contribution in [0.5, 0.6) is 0 Å². The van der Waals surface area contributed by atoms with E-state index in [9.17, 15) is 4.79 Å². The van der Waals surface area contributed by atoms with Crippen LogP contribution in [-0.4, -0.2) is 55.9 Å². The molecule has 3 rings (SSSR count). The summed E-state index contributed by atoms with van der Waals surface area (Å²) in [5.74, 6) is -0.217. The molecule has 0 saturated carbocycles. The zero-order valence-electron chi connectivity index (χ0n) is 9.91. The summed E-state index contributed by atoms with van der Waals surface area (Å²) in [6.07, 6.45) is 3.71. The quantitative estimate of drug-likeness (QED) is 0.646. The number of ether oxygens (including phenoxy) is 2. The van der Waals surface area contributed by atoms with Crippen molar-refractivity contribution in [3.05, 3.63) is 11.8 Å². The number of nitrogens with one attached hydrogen (secondary N) is 1. The van der Waals surface area contributed by atoms with Gasteiger partial charge in [-0.3, -0.25) is 0 Å². The second kappa shape index (κ2) is 4.31. The van der Waals surface area contributed by atoms with Gasteiger partial charge in [-0.2, -0.15) is 0 Å². The molecular formula is C12H18N2O3. The third-order valence-corrected chi connectivity index (χ3v) is 3.82. The van der Waals surface area contributed by atoms with Gasteiger partial charge in [-0.1, -0.05) is 0 Å². The smallest absolute Gasteiger partial charge is 0.333 e. The topological polar surface area (TPSA) is 50.8 Å². The maximum Gasteiger partial charge on any atom is 0.333 e. The first kappa shape index (κ1) is 11.0. The number of rotatable bonds is 1. The van der Waals surface area contributed by atoms with Gasteiger partial charge in [0.25, 0.3) is 0 Å². The lowest BCUT2D eigenvalue weighted by Gasteiger charge is -2.46. The molecule has 0 aromatic heterocycles. The molecule has 1 N–H and O–H groups in total. The minimum Gasteiger partial charge on any atom is -0.456 e. The Morgan fingerprint density at radius 3 is 2.88 bits per heavy atom. The number of esters is 1. The Kier molecular flexibility index (Phi) is 2.80. The molecule has 5 heteroatoms. The molecule has 5 nitrogen and oxygen atoms in total. The van der Waals surface area contributed by atoms with Crippen molar-refractivity contribution in [1.29, 1.82) is 0 Å². The Labute approximate surface area is 101 Å². The third-order valence-electron chi connectivity index (χ3n) is 3.82. The standard InChI is InChI=1S/C12H18N2O3/c15-11-7-10(8-16-11)14-5-6-17-12(9-14)1-3-13-4-2-12/h7,13H,1-6,8-9H2. The molecule has 3 heterocycles. The Bertz CT molecular complexity index is 342. The highest BCUT2D eigenvalue weighted by molar-refractivity contribution is 5.85. The van der Waals surface area contributed by atoms with Crippen LogP contribution < -0.4 is 5.32 Å². The number of morpholine rings is 1. The monoisotopic (exact) mass is 238 g/mol. The number of carbonyl (C=O) groups excluding carboxylic acids is 1. The average molecular weight is 238 g/mol. The van der Waals surface area contributed by atoms with E-state index < -0.39 is 0 Å². The SMILES string of the molecule is O=C1C=C(N2CCOC3(CCNCC3)C2)CO1. The molecular weight excluding hydrogens is 220 g/mol. The summed E-state index contributed by atoms with van der Waals surface area (Å²) in [6, 6.07) is 0. The number of piperidine rings is 1. The lowest BCUT2D eigenvalue weighted by atomic mass is 9.90. The van der Waals surface area contributed by atoms with Crippen molar-refractivity contribution in [3.63, 3.8) is 0 Å². The van der Waals surface area contributed by atoms with Crippen LogP contribution in [0.2, 0.25) is 0 Å². The average Bonchev–Trinajstić information content (AvgIpc) is 2.77. The van der Waals surface area contributed by atoms with Crippen LogP contribution in [-0.2, 0) is 14.3 Å². The van der Waals surface area contributed by atoms with E-state index >= 15 is 0 Å². The maximum absolute atomic E-state index is 11.1. The van der Waals surface area contributed by atoms with E-state index in [1.807, 2.05) is 0 Å². The first-order valence-electron chi connectivity index (χ1n) is 6.24. The predicted molar refractivity (Wildman–Crippen MR) is 61.4 cm³/mol. The number of carbonyl (C=O) groups is 1. The van der Waals surface area contributed by atoms with Gasteiger partial charge in [0, 0.05) is 19.2 Å². The van der Waals surface area contributed by atoms with E-state index in [0.717, 1.165) is 51.3 Å². The van der Waals surface area contributed by atoms with Gasteiger partial charge in [-0.15, -0.1) is 0 Å². The van der Waals surface area contributed by atoms with E-state index in [1.54, 1.807) is 6.08 Å². The van der Waals surface area contributed by atoms with Crippen molar-refractivity contribution in [1.82, 2.24) is 10.2 Å². The molecule has 0 atom stereocenters. The molecule has 2 saturated heterocycles. The maximum atomic E-state index is 11.1. The fourth-order valence-corrected chi connectivity index (χ4v) is 2.82. The highest BCUT2D eigenvalue weighted by Gasteiger charge is 2.39.